The predicted molar refractivity (Wildman–Crippen MR) is 99.2 cm³/mol. The first-order chi connectivity index (χ1) is 10.6. The van der Waals surface area contributed by atoms with Gasteiger partial charge in [0.2, 0.25) is 0 Å². The van der Waals surface area contributed by atoms with E-state index in [-0.39, 0.29) is 18.3 Å². The van der Waals surface area contributed by atoms with Gasteiger partial charge < -0.3 is 20.1 Å². The molecule has 0 aliphatic heterocycles. The normalized spacial score (nSPS) is 9.91. The molecule has 0 saturated heterocycles. The smallest absolute Gasteiger partial charge is 0.251 e. The molecule has 5 nitrogen and oxygen atoms in total. The summed E-state index contributed by atoms with van der Waals surface area (Å²) in [6, 6.07) is 3.45. The summed E-state index contributed by atoms with van der Waals surface area (Å²) in [4.78, 5) is 12.2. The second kappa shape index (κ2) is 12.4. The lowest BCUT2D eigenvalue weighted by Gasteiger charge is -2.14. The Bertz CT molecular complexity index is 487. The van der Waals surface area contributed by atoms with Crippen molar-refractivity contribution in [3.8, 4) is 11.5 Å². The van der Waals surface area contributed by atoms with Crippen molar-refractivity contribution >= 4 is 34.2 Å². The molecule has 0 spiro atoms. The van der Waals surface area contributed by atoms with Crippen LogP contribution in [0.15, 0.2) is 16.6 Å². The Morgan fingerprint density at radius 2 is 1.91 bits per heavy atom. The molecule has 1 aromatic carbocycles. The number of hydrogen-bond donors (Lipinski definition) is 2. The fourth-order valence-corrected chi connectivity index (χ4v) is 2.42. The highest BCUT2D eigenvalue weighted by molar-refractivity contribution is 9.10. The van der Waals surface area contributed by atoms with Crippen molar-refractivity contribution < 1.29 is 14.3 Å². The minimum absolute atomic E-state index is 0. The van der Waals surface area contributed by atoms with Crippen LogP contribution in [0.25, 0.3) is 0 Å². The van der Waals surface area contributed by atoms with Crippen LogP contribution in [0.5, 0.6) is 11.5 Å². The summed E-state index contributed by atoms with van der Waals surface area (Å²) in [5.74, 6) is 1.06. The molecule has 1 aromatic rings. The van der Waals surface area contributed by atoms with Gasteiger partial charge in [-0.15, -0.1) is 12.4 Å². The number of amides is 1. The van der Waals surface area contributed by atoms with Crippen LogP contribution in [0.2, 0.25) is 0 Å². The number of benzene rings is 1. The molecule has 0 heterocycles. The zero-order valence-electron chi connectivity index (χ0n) is 13.9. The number of carbonyl (C=O) groups excluding carboxylic acids is 1. The molecule has 2 N–H and O–H groups in total. The van der Waals surface area contributed by atoms with Gasteiger partial charge in [0, 0.05) is 18.7 Å². The highest BCUT2D eigenvalue weighted by Gasteiger charge is 2.15. The van der Waals surface area contributed by atoms with Gasteiger partial charge in [-0.3, -0.25) is 4.79 Å². The van der Waals surface area contributed by atoms with E-state index in [4.69, 9.17) is 9.47 Å². The molecule has 0 fully saturated rings. The molecule has 132 valence electrons. The van der Waals surface area contributed by atoms with Gasteiger partial charge in [0.1, 0.15) is 0 Å². The first kappa shape index (κ1) is 22.0. The molecule has 0 saturated carbocycles. The van der Waals surface area contributed by atoms with Crippen LogP contribution in [0.1, 0.15) is 37.0 Å². The second-order valence-corrected chi connectivity index (χ2v) is 5.70. The number of methoxy groups -OCH3 is 1. The minimum atomic E-state index is -0.126. The largest absolute Gasteiger partial charge is 0.493 e. The molecule has 1 amide bonds. The predicted octanol–water partition coefficient (Wildman–Crippen LogP) is 3.40. The first-order valence-electron chi connectivity index (χ1n) is 7.63. The molecule has 0 aromatic heterocycles. The van der Waals surface area contributed by atoms with Crippen LogP contribution in [0.4, 0.5) is 0 Å². The summed E-state index contributed by atoms with van der Waals surface area (Å²) in [5, 5.41) is 6.12. The zero-order valence-corrected chi connectivity index (χ0v) is 16.3. The zero-order chi connectivity index (χ0) is 16.4. The quantitative estimate of drug-likeness (QED) is 0.582. The third-order valence-corrected chi connectivity index (χ3v) is 3.55. The number of nitrogens with one attached hydrogen (secondary N) is 2. The van der Waals surface area contributed by atoms with Gasteiger partial charge in [0.05, 0.1) is 18.2 Å². The van der Waals surface area contributed by atoms with Gasteiger partial charge in [-0.1, -0.05) is 13.8 Å². The fourth-order valence-electron chi connectivity index (χ4n) is 1.86. The number of halogens is 2. The Hall–Kier alpha value is -0.980. The first-order valence-corrected chi connectivity index (χ1v) is 8.42. The third kappa shape index (κ3) is 7.42. The van der Waals surface area contributed by atoms with E-state index < -0.39 is 0 Å². The number of rotatable bonds is 10. The molecule has 0 atom stereocenters. The van der Waals surface area contributed by atoms with Crippen molar-refractivity contribution in [1.29, 1.82) is 0 Å². The van der Waals surface area contributed by atoms with E-state index >= 15 is 0 Å². The van der Waals surface area contributed by atoms with Crippen LogP contribution in [0, 0.1) is 0 Å². The molecule has 1 rings (SSSR count). The topological polar surface area (TPSA) is 59.6 Å². The fraction of sp³-hybridized carbons (Fsp3) is 0.562. The maximum atomic E-state index is 12.2. The third-order valence-electron chi connectivity index (χ3n) is 2.96. The van der Waals surface area contributed by atoms with E-state index in [0.717, 1.165) is 30.4 Å². The molecular weight excluding hydrogens is 384 g/mol. The van der Waals surface area contributed by atoms with Crippen LogP contribution < -0.4 is 20.1 Å². The standard InChI is InChI=1S/C16H25BrN2O3.ClH/c1-4-6-18-7-8-19-16(20)12-10-13(17)15(22-9-5-2)14(11-12)21-3;/h10-11,18H,4-9H2,1-3H3,(H,19,20);1H. The number of carbonyl (C=O) groups is 1. The van der Waals surface area contributed by atoms with Gasteiger partial charge >= 0.3 is 0 Å². The highest BCUT2D eigenvalue weighted by atomic mass is 79.9. The van der Waals surface area contributed by atoms with Crippen LogP contribution in [-0.4, -0.2) is 39.3 Å². The van der Waals surface area contributed by atoms with Crippen molar-refractivity contribution in [3.05, 3.63) is 22.2 Å². The lowest BCUT2D eigenvalue weighted by Crippen LogP contribution is -2.32. The van der Waals surface area contributed by atoms with E-state index in [1.807, 2.05) is 6.92 Å². The van der Waals surface area contributed by atoms with Gasteiger partial charge in [0.25, 0.3) is 5.91 Å². The van der Waals surface area contributed by atoms with E-state index in [2.05, 4.69) is 33.5 Å². The van der Waals surface area contributed by atoms with Crippen molar-refractivity contribution in [2.75, 3.05) is 33.4 Å². The van der Waals surface area contributed by atoms with E-state index in [1.54, 1.807) is 19.2 Å². The number of ether oxygens (including phenoxy) is 2. The lowest BCUT2D eigenvalue weighted by atomic mass is 10.2. The molecule has 23 heavy (non-hydrogen) atoms. The van der Waals surface area contributed by atoms with Gasteiger partial charge in [0.15, 0.2) is 11.5 Å². The van der Waals surface area contributed by atoms with Crippen LogP contribution in [0.3, 0.4) is 0 Å². The van der Waals surface area contributed by atoms with Gasteiger partial charge in [-0.05, 0) is 47.4 Å². The van der Waals surface area contributed by atoms with Crippen LogP contribution in [-0.2, 0) is 0 Å². The van der Waals surface area contributed by atoms with E-state index in [1.165, 1.54) is 0 Å². The average molecular weight is 410 g/mol. The lowest BCUT2D eigenvalue weighted by molar-refractivity contribution is 0.0953. The van der Waals surface area contributed by atoms with Crippen molar-refractivity contribution in [3.63, 3.8) is 0 Å². The summed E-state index contributed by atoms with van der Waals surface area (Å²) in [6.45, 7) is 7.05. The Labute approximate surface area is 153 Å². The summed E-state index contributed by atoms with van der Waals surface area (Å²) < 4.78 is 11.7. The minimum Gasteiger partial charge on any atom is -0.493 e. The highest BCUT2D eigenvalue weighted by Crippen LogP contribution is 2.36. The van der Waals surface area contributed by atoms with E-state index in [0.29, 0.717) is 30.2 Å². The van der Waals surface area contributed by atoms with Gasteiger partial charge in [-0.2, -0.15) is 0 Å². The average Bonchev–Trinajstić information content (AvgIpc) is 2.52. The maximum absolute atomic E-state index is 12.2. The van der Waals surface area contributed by atoms with Gasteiger partial charge in [-0.25, -0.2) is 0 Å². The molecule has 0 unspecified atom stereocenters. The van der Waals surface area contributed by atoms with Crippen molar-refractivity contribution in [2.24, 2.45) is 0 Å². The second-order valence-electron chi connectivity index (χ2n) is 4.84. The monoisotopic (exact) mass is 408 g/mol. The van der Waals surface area contributed by atoms with Crippen molar-refractivity contribution in [1.82, 2.24) is 10.6 Å². The molecule has 0 radical (unpaired) electrons. The molecule has 0 bridgehead atoms. The molecule has 7 heteroatoms. The SMILES string of the molecule is CCCNCCNC(=O)c1cc(Br)c(OCCC)c(OC)c1.Cl. The van der Waals surface area contributed by atoms with Crippen LogP contribution >= 0.6 is 28.3 Å². The molecular formula is C16H26BrClN2O3. The summed E-state index contributed by atoms with van der Waals surface area (Å²) >= 11 is 3.44. The Balaban J connectivity index is 0.00000484. The Morgan fingerprint density at radius 1 is 1.17 bits per heavy atom. The Morgan fingerprint density at radius 3 is 2.52 bits per heavy atom. The summed E-state index contributed by atoms with van der Waals surface area (Å²) in [7, 11) is 1.57. The molecule has 0 aliphatic rings. The summed E-state index contributed by atoms with van der Waals surface area (Å²) in [6.07, 6.45) is 1.99. The molecule has 0 aliphatic carbocycles. The van der Waals surface area contributed by atoms with Crippen molar-refractivity contribution in [2.45, 2.75) is 26.7 Å². The van der Waals surface area contributed by atoms with E-state index in [9.17, 15) is 4.79 Å². The Kier molecular flexibility index (Phi) is 11.9. The maximum Gasteiger partial charge on any atom is 0.251 e. The summed E-state index contributed by atoms with van der Waals surface area (Å²) in [5.41, 5.74) is 0.545. The number of hydrogen-bond acceptors (Lipinski definition) is 4.